The first kappa shape index (κ1) is 14.3. The van der Waals surface area contributed by atoms with E-state index in [1.807, 2.05) is 18.6 Å². The number of thiazole rings is 1. The number of rotatable bonds is 4. The zero-order chi connectivity index (χ0) is 15.0. The maximum Gasteiger partial charge on any atom is 0.241 e. The Bertz CT molecular complexity index is 647. The molecule has 2 aromatic heterocycles. The number of amides is 1. The van der Waals surface area contributed by atoms with Crippen LogP contribution in [0.3, 0.4) is 0 Å². The Morgan fingerprint density at radius 2 is 2.24 bits per heavy atom. The first-order valence-corrected chi connectivity index (χ1v) is 8.11. The van der Waals surface area contributed by atoms with Crippen molar-refractivity contribution in [3.05, 3.63) is 17.3 Å². The topological polar surface area (TPSA) is 52.9 Å². The zero-order valence-corrected chi connectivity index (χ0v) is 13.5. The minimum Gasteiger partial charge on any atom is -0.344 e. The van der Waals surface area contributed by atoms with Crippen LogP contribution in [-0.2, 0) is 11.3 Å². The maximum atomic E-state index is 11.9. The van der Waals surface area contributed by atoms with Crippen LogP contribution >= 0.6 is 11.3 Å². The second-order valence-corrected chi connectivity index (χ2v) is 6.58. The molecule has 0 aromatic carbocycles. The quantitative estimate of drug-likeness (QED) is 0.921. The van der Waals surface area contributed by atoms with Crippen LogP contribution in [0.25, 0.3) is 4.96 Å². The summed E-state index contributed by atoms with van der Waals surface area (Å²) in [6, 6.07) is 0.413. The molecule has 0 radical (unpaired) electrons. The van der Waals surface area contributed by atoms with E-state index in [2.05, 4.69) is 28.5 Å². The van der Waals surface area contributed by atoms with Gasteiger partial charge < -0.3 is 15.1 Å². The average Bonchev–Trinajstić information content (AvgIpc) is 3.00. The molecule has 1 amide bonds. The fourth-order valence-electron chi connectivity index (χ4n) is 2.48. The van der Waals surface area contributed by atoms with Gasteiger partial charge in [0, 0.05) is 44.3 Å². The zero-order valence-electron chi connectivity index (χ0n) is 12.7. The predicted octanol–water partition coefficient (Wildman–Crippen LogP) is 1.17. The molecule has 1 fully saturated rings. The van der Waals surface area contributed by atoms with Crippen LogP contribution in [0.1, 0.15) is 19.5 Å². The summed E-state index contributed by atoms with van der Waals surface area (Å²) in [4.78, 5) is 21.5. The number of carbonyl (C=O) groups excluding carboxylic acids is 1. The first-order chi connectivity index (χ1) is 10.1. The highest BCUT2D eigenvalue weighted by molar-refractivity contribution is 7.15. The molecule has 114 valence electrons. The van der Waals surface area contributed by atoms with Gasteiger partial charge in [-0.2, -0.15) is 0 Å². The highest BCUT2D eigenvalue weighted by Gasteiger charge is 2.26. The van der Waals surface area contributed by atoms with E-state index in [9.17, 15) is 4.79 Å². The van der Waals surface area contributed by atoms with Gasteiger partial charge in [0.05, 0.1) is 12.2 Å². The van der Waals surface area contributed by atoms with E-state index in [4.69, 9.17) is 4.98 Å². The van der Waals surface area contributed by atoms with E-state index >= 15 is 0 Å². The van der Waals surface area contributed by atoms with Crippen LogP contribution in [-0.4, -0.2) is 52.9 Å². The van der Waals surface area contributed by atoms with Gasteiger partial charge in [-0.15, -0.1) is 11.3 Å². The minimum absolute atomic E-state index is 0.153. The average molecular weight is 307 g/mol. The lowest BCUT2D eigenvalue weighted by Gasteiger charge is -2.32. The molecule has 2 aromatic rings. The third kappa shape index (κ3) is 2.75. The lowest BCUT2D eigenvalue weighted by molar-refractivity contribution is -0.129. The lowest BCUT2D eigenvalue weighted by Crippen LogP contribution is -2.49. The van der Waals surface area contributed by atoms with Crippen molar-refractivity contribution >= 4 is 28.0 Å². The molecule has 0 aliphatic carbocycles. The number of imidazole rings is 1. The summed E-state index contributed by atoms with van der Waals surface area (Å²) in [7, 11) is 1.85. The Morgan fingerprint density at radius 3 is 2.95 bits per heavy atom. The van der Waals surface area contributed by atoms with Gasteiger partial charge in [0.2, 0.25) is 5.91 Å². The molecule has 7 heteroatoms. The summed E-state index contributed by atoms with van der Waals surface area (Å²) in [6.07, 6.45) is 2.05. The number of nitrogens with zero attached hydrogens (tertiary/aromatic N) is 4. The van der Waals surface area contributed by atoms with Crippen LogP contribution in [0.2, 0.25) is 0 Å². The molecule has 1 N–H and O–H groups in total. The highest BCUT2D eigenvalue weighted by Crippen LogP contribution is 2.25. The number of aromatic nitrogens is 2. The van der Waals surface area contributed by atoms with Gasteiger partial charge in [-0.1, -0.05) is 13.8 Å². The largest absolute Gasteiger partial charge is 0.344 e. The molecule has 0 atom stereocenters. The number of piperazine rings is 1. The summed E-state index contributed by atoms with van der Waals surface area (Å²) in [5.74, 6) is 1.09. The Labute approximate surface area is 128 Å². The molecule has 1 aliphatic heterocycles. The van der Waals surface area contributed by atoms with Gasteiger partial charge >= 0.3 is 0 Å². The molecular weight excluding hydrogens is 286 g/mol. The fraction of sp³-hybridized carbons (Fsp3) is 0.571. The number of hydrogen-bond acceptors (Lipinski definition) is 5. The number of likely N-dealkylation sites (N-methyl/N-ethyl adjacent to an activating group) is 1. The molecule has 3 rings (SSSR count). The van der Waals surface area contributed by atoms with Crippen molar-refractivity contribution in [2.45, 2.75) is 26.4 Å². The molecule has 1 saturated heterocycles. The Hall–Kier alpha value is -1.60. The molecule has 0 spiro atoms. The number of carbonyl (C=O) groups is 1. The third-order valence-electron chi connectivity index (χ3n) is 3.77. The van der Waals surface area contributed by atoms with Crippen molar-refractivity contribution in [1.29, 1.82) is 0 Å². The van der Waals surface area contributed by atoms with E-state index in [1.165, 1.54) is 0 Å². The normalized spacial score (nSPS) is 16.5. The highest BCUT2D eigenvalue weighted by atomic mass is 32.1. The van der Waals surface area contributed by atoms with Gasteiger partial charge in [-0.05, 0) is 0 Å². The summed E-state index contributed by atoms with van der Waals surface area (Å²) in [5.41, 5.74) is 1.14. The van der Waals surface area contributed by atoms with E-state index in [1.54, 1.807) is 16.2 Å². The summed E-state index contributed by atoms with van der Waals surface area (Å²) < 4.78 is 2.12. The number of hydrogen-bond donors (Lipinski definition) is 1. The van der Waals surface area contributed by atoms with Crippen molar-refractivity contribution in [3.63, 3.8) is 0 Å². The van der Waals surface area contributed by atoms with Crippen molar-refractivity contribution in [3.8, 4) is 0 Å². The van der Waals surface area contributed by atoms with Crippen molar-refractivity contribution < 1.29 is 4.79 Å². The van der Waals surface area contributed by atoms with Crippen LogP contribution in [0.5, 0.6) is 0 Å². The number of nitrogens with one attached hydrogen (secondary N) is 1. The SMILES string of the molecule is CC(C)NCc1c(N2CCN(C)C(=O)C2)nc2sccn12. The molecule has 0 unspecified atom stereocenters. The molecule has 3 heterocycles. The fourth-order valence-corrected chi connectivity index (χ4v) is 3.21. The number of fused-ring (bicyclic) bond motifs is 1. The van der Waals surface area contributed by atoms with Crippen LogP contribution in [0, 0.1) is 0 Å². The van der Waals surface area contributed by atoms with Crippen LogP contribution in [0.15, 0.2) is 11.6 Å². The van der Waals surface area contributed by atoms with E-state index in [0.29, 0.717) is 12.6 Å². The minimum atomic E-state index is 0.153. The van der Waals surface area contributed by atoms with E-state index < -0.39 is 0 Å². The molecule has 0 bridgehead atoms. The van der Waals surface area contributed by atoms with Crippen LogP contribution in [0.4, 0.5) is 5.82 Å². The van der Waals surface area contributed by atoms with Gasteiger partial charge in [0.1, 0.15) is 0 Å². The maximum absolute atomic E-state index is 11.9. The van der Waals surface area contributed by atoms with Crippen molar-refractivity contribution in [2.24, 2.45) is 0 Å². The number of anilines is 1. The standard InChI is InChI=1S/C14H21N5OS/c1-10(2)15-8-11-13(16-14-19(11)6-7-21-14)18-5-4-17(3)12(20)9-18/h6-7,10,15H,4-5,8-9H2,1-3H3. The predicted molar refractivity (Wildman–Crippen MR) is 84.9 cm³/mol. The summed E-state index contributed by atoms with van der Waals surface area (Å²) in [5, 5.41) is 5.49. The van der Waals surface area contributed by atoms with Crippen molar-refractivity contribution in [2.75, 3.05) is 31.6 Å². The van der Waals surface area contributed by atoms with Gasteiger partial charge in [-0.25, -0.2) is 4.98 Å². The molecular formula is C14H21N5OS. The Morgan fingerprint density at radius 1 is 1.43 bits per heavy atom. The summed E-state index contributed by atoms with van der Waals surface area (Å²) in [6.45, 7) is 7.01. The lowest BCUT2D eigenvalue weighted by atomic mass is 10.3. The third-order valence-corrected chi connectivity index (χ3v) is 4.53. The van der Waals surface area contributed by atoms with E-state index in [-0.39, 0.29) is 5.91 Å². The van der Waals surface area contributed by atoms with E-state index in [0.717, 1.165) is 36.1 Å². The Balaban J connectivity index is 1.91. The van der Waals surface area contributed by atoms with Gasteiger partial charge in [0.25, 0.3) is 0 Å². The van der Waals surface area contributed by atoms with Crippen LogP contribution < -0.4 is 10.2 Å². The smallest absolute Gasteiger partial charge is 0.241 e. The second-order valence-electron chi connectivity index (χ2n) is 5.71. The Kier molecular flexibility index (Phi) is 3.86. The first-order valence-electron chi connectivity index (χ1n) is 7.23. The molecule has 1 aliphatic rings. The molecule has 0 saturated carbocycles. The van der Waals surface area contributed by atoms with Crippen molar-refractivity contribution in [1.82, 2.24) is 19.6 Å². The van der Waals surface area contributed by atoms with Gasteiger partial charge in [0.15, 0.2) is 10.8 Å². The molecule has 6 nitrogen and oxygen atoms in total. The second kappa shape index (κ2) is 5.65. The molecule has 21 heavy (non-hydrogen) atoms. The van der Waals surface area contributed by atoms with Gasteiger partial charge in [-0.3, -0.25) is 9.20 Å². The monoisotopic (exact) mass is 307 g/mol. The summed E-state index contributed by atoms with van der Waals surface area (Å²) >= 11 is 1.62.